The monoisotopic (exact) mass is 233 g/mol. The third-order valence-corrected chi connectivity index (χ3v) is 1.78. The van der Waals surface area contributed by atoms with E-state index in [2.05, 4.69) is 25.7 Å². The minimum atomic E-state index is -0.183. The van der Waals surface area contributed by atoms with Gasteiger partial charge in [-0.15, -0.1) is 0 Å². The molecule has 0 aliphatic carbocycles. The number of aromatic amines is 1. The molecule has 1 rings (SSSR count). The Hall–Kier alpha value is -0.810. The van der Waals surface area contributed by atoms with Gasteiger partial charge in [-0.05, 0) is 15.9 Å². The summed E-state index contributed by atoms with van der Waals surface area (Å²) in [6.45, 7) is 0.0612. The predicted molar refractivity (Wildman–Crippen MR) is 47.3 cm³/mol. The first kappa shape index (κ1) is 9.28. The molecule has 1 aromatic rings. The van der Waals surface area contributed by atoms with Gasteiger partial charge in [-0.2, -0.15) is 0 Å². The van der Waals surface area contributed by atoms with Gasteiger partial charge in [-0.25, -0.2) is 0 Å². The first-order valence-corrected chi connectivity index (χ1v) is 4.04. The molecule has 1 heterocycles. The molecular weight excluding hydrogens is 226 g/mol. The number of hydrogen-bond acceptors (Lipinski definition) is 3. The number of rotatable bonds is 3. The van der Waals surface area contributed by atoms with Gasteiger partial charge in [0.25, 0.3) is 0 Å². The molecule has 0 unspecified atom stereocenters. The fraction of sp³-hybridized carbons (Fsp3) is 0.286. The van der Waals surface area contributed by atoms with Gasteiger partial charge < -0.3 is 14.5 Å². The Balaban J connectivity index is 2.89. The normalized spacial score (nSPS) is 9.83. The molecule has 0 aliphatic rings. The molecule has 4 nitrogen and oxygen atoms in total. The number of aromatic nitrogens is 1. The third kappa shape index (κ3) is 2.09. The molecule has 1 aromatic heterocycles. The standard InChI is InChI=1S/C7H8BrNO3/c1-11-4-12-6-5(10)2-3-9-7(6)8/h2-3H,4H2,1H3,(H,9,10). The highest BCUT2D eigenvalue weighted by molar-refractivity contribution is 9.10. The van der Waals surface area contributed by atoms with Crippen LogP contribution < -0.4 is 10.2 Å². The zero-order valence-corrected chi connectivity index (χ0v) is 8.05. The maximum absolute atomic E-state index is 11.1. The zero-order chi connectivity index (χ0) is 8.97. The van der Waals surface area contributed by atoms with E-state index in [9.17, 15) is 4.79 Å². The minimum Gasteiger partial charge on any atom is -0.461 e. The van der Waals surface area contributed by atoms with Crippen molar-refractivity contribution < 1.29 is 9.47 Å². The quantitative estimate of drug-likeness (QED) is 0.629. The molecule has 0 fully saturated rings. The SMILES string of the molecule is COCOc1c(Br)[nH]ccc1=O. The molecule has 1 N–H and O–H groups in total. The van der Waals surface area contributed by atoms with Crippen molar-refractivity contribution >= 4 is 15.9 Å². The van der Waals surface area contributed by atoms with Crippen LogP contribution in [0.1, 0.15) is 0 Å². The Morgan fingerprint density at radius 1 is 1.67 bits per heavy atom. The van der Waals surface area contributed by atoms with E-state index in [4.69, 9.17) is 4.74 Å². The summed E-state index contributed by atoms with van der Waals surface area (Å²) in [6.07, 6.45) is 1.53. The van der Waals surface area contributed by atoms with Gasteiger partial charge in [-0.1, -0.05) is 0 Å². The van der Waals surface area contributed by atoms with Crippen LogP contribution in [-0.2, 0) is 4.74 Å². The van der Waals surface area contributed by atoms with E-state index < -0.39 is 0 Å². The van der Waals surface area contributed by atoms with Crippen LogP contribution in [0.4, 0.5) is 0 Å². The summed E-state index contributed by atoms with van der Waals surface area (Å²) in [5.74, 6) is 0.236. The molecule has 0 radical (unpaired) electrons. The average molecular weight is 234 g/mol. The Kier molecular flexibility index (Phi) is 3.31. The number of hydrogen-bond donors (Lipinski definition) is 1. The van der Waals surface area contributed by atoms with Crippen molar-refractivity contribution in [1.29, 1.82) is 0 Å². The van der Waals surface area contributed by atoms with E-state index in [0.29, 0.717) is 4.60 Å². The van der Waals surface area contributed by atoms with Crippen LogP contribution in [0.15, 0.2) is 21.7 Å². The van der Waals surface area contributed by atoms with E-state index in [-0.39, 0.29) is 18.0 Å². The maximum atomic E-state index is 11.1. The fourth-order valence-electron chi connectivity index (χ4n) is 0.692. The summed E-state index contributed by atoms with van der Waals surface area (Å²) in [4.78, 5) is 13.9. The smallest absolute Gasteiger partial charge is 0.224 e. The van der Waals surface area contributed by atoms with E-state index in [1.165, 1.54) is 19.4 Å². The number of H-pyrrole nitrogens is 1. The highest BCUT2D eigenvalue weighted by Gasteiger charge is 2.04. The molecule has 0 saturated carbocycles. The van der Waals surface area contributed by atoms with Gasteiger partial charge in [-0.3, -0.25) is 4.79 Å². The number of ether oxygens (including phenoxy) is 2. The molecule has 0 amide bonds. The molecule has 0 atom stereocenters. The van der Waals surface area contributed by atoms with E-state index in [1.54, 1.807) is 0 Å². The second-order valence-corrected chi connectivity index (χ2v) is 2.83. The Morgan fingerprint density at radius 2 is 2.42 bits per heavy atom. The highest BCUT2D eigenvalue weighted by atomic mass is 79.9. The lowest BCUT2D eigenvalue weighted by Gasteiger charge is -2.04. The predicted octanol–water partition coefficient (Wildman–Crippen LogP) is 1.12. The Bertz CT molecular complexity index is 310. The molecule has 0 saturated heterocycles. The first-order valence-electron chi connectivity index (χ1n) is 3.24. The fourth-order valence-corrected chi connectivity index (χ4v) is 1.13. The molecule has 0 aromatic carbocycles. The van der Waals surface area contributed by atoms with Gasteiger partial charge in [0, 0.05) is 19.4 Å². The first-order chi connectivity index (χ1) is 5.75. The number of halogens is 1. The largest absolute Gasteiger partial charge is 0.461 e. The van der Waals surface area contributed by atoms with Crippen LogP contribution in [0.2, 0.25) is 0 Å². The molecule has 0 bridgehead atoms. The van der Waals surface area contributed by atoms with E-state index in [1.807, 2.05) is 0 Å². The lowest BCUT2D eigenvalue weighted by atomic mass is 10.4. The van der Waals surface area contributed by atoms with Crippen LogP contribution in [0.25, 0.3) is 0 Å². The lowest BCUT2D eigenvalue weighted by Crippen LogP contribution is -2.10. The van der Waals surface area contributed by atoms with Gasteiger partial charge in [0.05, 0.1) is 0 Å². The van der Waals surface area contributed by atoms with Gasteiger partial charge in [0.1, 0.15) is 4.60 Å². The summed E-state index contributed by atoms with van der Waals surface area (Å²) >= 11 is 3.14. The van der Waals surface area contributed by atoms with Crippen LogP contribution in [0, 0.1) is 0 Å². The highest BCUT2D eigenvalue weighted by Crippen LogP contribution is 2.15. The van der Waals surface area contributed by atoms with E-state index in [0.717, 1.165) is 0 Å². The van der Waals surface area contributed by atoms with Crippen molar-refractivity contribution in [3.05, 3.63) is 27.1 Å². The van der Waals surface area contributed by atoms with Crippen molar-refractivity contribution in [2.45, 2.75) is 0 Å². The van der Waals surface area contributed by atoms with Gasteiger partial charge in [0.2, 0.25) is 5.43 Å². The third-order valence-electron chi connectivity index (χ3n) is 1.19. The van der Waals surface area contributed by atoms with Crippen molar-refractivity contribution in [2.24, 2.45) is 0 Å². The van der Waals surface area contributed by atoms with Crippen LogP contribution in [0.5, 0.6) is 5.75 Å². The molecule has 5 heteroatoms. The van der Waals surface area contributed by atoms with Crippen molar-refractivity contribution in [3.8, 4) is 5.75 Å². The van der Waals surface area contributed by atoms with Crippen LogP contribution in [-0.4, -0.2) is 18.9 Å². The maximum Gasteiger partial charge on any atom is 0.224 e. The van der Waals surface area contributed by atoms with Gasteiger partial charge >= 0.3 is 0 Å². The van der Waals surface area contributed by atoms with Gasteiger partial charge in [0.15, 0.2) is 12.5 Å². The summed E-state index contributed by atoms with van der Waals surface area (Å²) < 4.78 is 10.2. The average Bonchev–Trinajstić information content (AvgIpc) is 2.04. The summed E-state index contributed by atoms with van der Waals surface area (Å²) in [7, 11) is 1.49. The molecule has 12 heavy (non-hydrogen) atoms. The summed E-state index contributed by atoms with van der Waals surface area (Å²) in [5, 5.41) is 0. The lowest BCUT2D eigenvalue weighted by molar-refractivity contribution is 0.0495. The van der Waals surface area contributed by atoms with Crippen LogP contribution >= 0.6 is 15.9 Å². The Morgan fingerprint density at radius 3 is 3.00 bits per heavy atom. The summed E-state index contributed by atoms with van der Waals surface area (Å²) in [6, 6.07) is 1.38. The minimum absolute atomic E-state index is 0.0612. The molecule has 0 aliphatic heterocycles. The summed E-state index contributed by atoms with van der Waals surface area (Å²) in [5.41, 5.74) is -0.183. The number of methoxy groups -OCH3 is 1. The topological polar surface area (TPSA) is 51.3 Å². The molecular formula is C7H8BrNO3. The van der Waals surface area contributed by atoms with Crippen molar-refractivity contribution in [3.63, 3.8) is 0 Å². The molecule has 0 spiro atoms. The number of pyridine rings is 1. The van der Waals surface area contributed by atoms with E-state index >= 15 is 0 Å². The second kappa shape index (κ2) is 4.27. The van der Waals surface area contributed by atoms with Crippen molar-refractivity contribution in [2.75, 3.05) is 13.9 Å². The molecule has 66 valence electrons. The van der Waals surface area contributed by atoms with Crippen molar-refractivity contribution in [1.82, 2.24) is 4.98 Å². The number of nitrogens with one attached hydrogen (secondary N) is 1. The zero-order valence-electron chi connectivity index (χ0n) is 6.46. The Labute approximate surface area is 77.6 Å². The second-order valence-electron chi connectivity index (χ2n) is 2.04. The van der Waals surface area contributed by atoms with Crippen LogP contribution in [0.3, 0.4) is 0 Å².